The van der Waals surface area contributed by atoms with Crippen LogP contribution in [0.4, 0.5) is 0 Å². The zero-order chi connectivity index (χ0) is 10.8. The van der Waals surface area contributed by atoms with Gasteiger partial charge in [-0.2, -0.15) is 11.8 Å². The second-order valence-electron chi connectivity index (χ2n) is 3.42. The molecule has 0 aliphatic heterocycles. The van der Waals surface area contributed by atoms with Crippen LogP contribution < -0.4 is 0 Å². The molecule has 0 aliphatic rings. The van der Waals surface area contributed by atoms with Crippen molar-refractivity contribution < 1.29 is 0 Å². The predicted octanol–water partition coefficient (Wildman–Crippen LogP) is 2.32. The lowest BCUT2D eigenvalue weighted by atomic mass is 10.3. The smallest absolute Gasteiger partial charge is 0.0423 e. The third-order valence-electron chi connectivity index (χ3n) is 1.89. The Bertz CT molecular complexity index is 178. The predicted molar refractivity (Wildman–Crippen MR) is 68.7 cm³/mol. The molecule has 0 aliphatic carbocycles. The highest BCUT2D eigenvalue weighted by Crippen LogP contribution is 1.94. The van der Waals surface area contributed by atoms with Crippen molar-refractivity contribution in [1.29, 1.82) is 0 Å². The molecule has 0 heterocycles. The van der Waals surface area contributed by atoms with Crippen LogP contribution in [0.25, 0.3) is 0 Å². The Balaban J connectivity index is 3.62. The van der Waals surface area contributed by atoms with Crippen LogP contribution in [0.3, 0.4) is 0 Å². The fraction of sp³-hybridized carbons (Fsp3) is 0.727. The molecule has 0 aromatic carbocycles. The average molecular weight is 214 g/mol. The molecule has 0 N–H and O–H groups in total. The Hall–Kier alpha value is -0.280. The van der Waals surface area contributed by atoms with Crippen molar-refractivity contribution in [3.8, 4) is 0 Å². The Labute approximate surface area is 92.5 Å². The van der Waals surface area contributed by atoms with Gasteiger partial charge in [0.15, 0.2) is 0 Å². The number of aliphatic imine (C=N–C) groups is 1. The molecule has 0 radical (unpaired) electrons. The number of hydrogen-bond acceptors (Lipinski definition) is 3. The monoisotopic (exact) mass is 214 g/mol. The van der Waals surface area contributed by atoms with E-state index < -0.39 is 0 Å². The molecule has 14 heavy (non-hydrogen) atoms. The maximum absolute atomic E-state index is 4.46. The molecule has 0 aromatic heterocycles. The van der Waals surface area contributed by atoms with E-state index in [0.717, 1.165) is 26.1 Å². The first-order valence-corrected chi connectivity index (χ1v) is 6.38. The topological polar surface area (TPSA) is 15.6 Å². The summed E-state index contributed by atoms with van der Waals surface area (Å²) < 4.78 is 0. The third kappa shape index (κ3) is 8.32. The van der Waals surface area contributed by atoms with E-state index in [-0.39, 0.29) is 0 Å². The van der Waals surface area contributed by atoms with Gasteiger partial charge in [0.05, 0.1) is 0 Å². The van der Waals surface area contributed by atoms with Gasteiger partial charge in [0, 0.05) is 31.1 Å². The first-order chi connectivity index (χ1) is 6.70. The minimum Gasteiger partial charge on any atom is -0.300 e. The summed E-state index contributed by atoms with van der Waals surface area (Å²) in [5.41, 5.74) is 1.22. The van der Waals surface area contributed by atoms with Gasteiger partial charge in [-0.1, -0.05) is 6.08 Å². The summed E-state index contributed by atoms with van der Waals surface area (Å²) in [5, 5.41) is 0. The quantitative estimate of drug-likeness (QED) is 0.350. The zero-order valence-electron chi connectivity index (χ0n) is 9.62. The van der Waals surface area contributed by atoms with Gasteiger partial charge >= 0.3 is 0 Å². The van der Waals surface area contributed by atoms with Gasteiger partial charge in [-0.25, -0.2) is 0 Å². The van der Waals surface area contributed by atoms with E-state index in [1.807, 2.05) is 17.8 Å². The summed E-state index contributed by atoms with van der Waals surface area (Å²) in [4.78, 5) is 6.77. The van der Waals surface area contributed by atoms with Crippen LogP contribution in [0.15, 0.2) is 17.6 Å². The maximum Gasteiger partial charge on any atom is 0.0423 e. The fourth-order valence-electron chi connectivity index (χ4n) is 1.11. The summed E-state index contributed by atoms with van der Waals surface area (Å²) in [6.07, 6.45) is 5.03. The van der Waals surface area contributed by atoms with Crippen molar-refractivity contribution in [2.24, 2.45) is 4.99 Å². The van der Waals surface area contributed by atoms with E-state index in [1.165, 1.54) is 11.5 Å². The van der Waals surface area contributed by atoms with E-state index >= 15 is 0 Å². The Morgan fingerprint density at radius 3 is 2.86 bits per heavy atom. The molecular weight excluding hydrogens is 192 g/mol. The third-order valence-corrected chi connectivity index (χ3v) is 2.48. The van der Waals surface area contributed by atoms with Gasteiger partial charge in [-0.05, 0) is 26.6 Å². The molecule has 0 amide bonds. The van der Waals surface area contributed by atoms with Crippen molar-refractivity contribution >= 4 is 17.5 Å². The highest BCUT2D eigenvalue weighted by molar-refractivity contribution is 7.98. The molecule has 0 aromatic rings. The van der Waals surface area contributed by atoms with E-state index in [1.54, 1.807) is 0 Å². The molecule has 0 spiro atoms. The van der Waals surface area contributed by atoms with Crippen LogP contribution in [0.1, 0.15) is 13.3 Å². The second-order valence-corrected chi connectivity index (χ2v) is 4.41. The van der Waals surface area contributed by atoms with Crippen LogP contribution in [0, 0.1) is 0 Å². The molecule has 82 valence electrons. The number of thioether (sulfide) groups is 1. The molecule has 0 unspecified atom stereocenters. The molecule has 0 rings (SSSR count). The molecule has 0 saturated carbocycles. The highest BCUT2D eigenvalue weighted by atomic mass is 32.2. The first-order valence-electron chi connectivity index (χ1n) is 4.99. The van der Waals surface area contributed by atoms with E-state index in [0.29, 0.717) is 0 Å². The minimum absolute atomic E-state index is 0.881. The minimum atomic E-state index is 0.881. The lowest BCUT2D eigenvalue weighted by Crippen LogP contribution is -2.26. The van der Waals surface area contributed by atoms with E-state index in [2.05, 4.69) is 36.7 Å². The summed E-state index contributed by atoms with van der Waals surface area (Å²) >= 11 is 1.88. The SMILES string of the molecule is C=CCCN=C(C)CN(C)CCSC. The number of rotatable bonds is 8. The standard InChI is InChI=1S/C11H22N2S/c1-5-6-7-12-11(2)10-13(3)8-9-14-4/h5H,1,6-10H2,2-4H3. The number of nitrogens with zero attached hydrogens (tertiary/aromatic N) is 2. The Kier molecular flexibility index (Phi) is 9.10. The van der Waals surface area contributed by atoms with Crippen LogP contribution in [0.5, 0.6) is 0 Å². The Morgan fingerprint density at radius 1 is 1.57 bits per heavy atom. The molecule has 0 saturated heterocycles. The summed E-state index contributed by atoms with van der Waals surface area (Å²) in [7, 11) is 2.14. The molecule has 3 heteroatoms. The van der Waals surface area contributed by atoms with Gasteiger partial charge < -0.3 is 4.90 Å². The van der Waals surface area contributed by atoms with Gasteiger partial charge in [0.25, 0.3) is 0 Å². The highest BCUT2D eigenvalue weighted by Gasteiger charge is 1.98. The van der Waals surface area contributed by atoms with Gasteiger partial charge in [-0.15, -0.1) is 6.58 Å². The van der Waals surface area contributed by atoms with Crippen molar-refractivity contribution in [2.75, 3.05) is 38.7 Å². The average Bonchev–Trinajstić information content (AvgIpc) is 2.15. The van der Waals surface area contributed by atoms with Crippen molar-refractivity contribution in [1.82, 2.24) is 4.90 Å². The zero-order valence-corrected chi connectivity index (χ0v) is 10.4. The molecule has 0 fully saturated rings. The first kappa shape index (κ1) is 13.7. The van der Waals surface area contributed by atoms with Crippen molar-refractivity contribution in [3.63, 3.8) is 0 Å². The van der Waals surface area contributed by atoms with Crippen LogP contribution in [-0.2, 0) is 0 Å². The molecular formula is C11H22N2S. The van der Waals surface area contributed by atoms with E-state index in [9.17, 15) is 0 Å². The number of hydrogen-bond donors (Lipinski definition) is 0. The molecule has 0 atom stereocenters. The maximum atomic E-state index is 4.46. The summed E-state index contributed by atoms with van der Waals surface area (Å²) in [6.45, 7) is 8.77. The van der Waals surface area contributed by atoms with Gasteiger partial charge in [0.1, 0.15) is 0 Å². The largest absolute Gasteiger partial charge is 0.300 e. The summed E-state index contributed by atoms with van der Waals surface area (Å²) in [5.74, 6) is 1.19. The van der Waals surface area contributed by atoms with Crippen LogP contribution in [-0.4, -0.2) is 49.3 Å². The van der Waals surface area contributed by atoms with Crippen molar-refractivity contribution in [3.05, 3.63) is 12.7 Å². The molecule has 2 nitrogen and oxygen atoms in total. The lowest BCUT2D eigenvalue weighted by Gasteiger charge is -2.15. The van der Waals surface area contributed by atoms with Crippen LogP contribution in [0.2, 0.25) is 0 Å². The fourth-order valence-corrected chi connectivity index (χ4v) is 1.61. The molecule has 0 bridgehead atoms. The van der Waals surface area contributed by atoms with Crippen LogP contribution >= 0.6 is 11.8 Å². The van der Waals surface area contributed by atoms with Gasteiger partial charge in [0.2, 0.25) is 0 Å². The summed E-state index contributed by atoms with van der Waals surface area (Å²) in [6, 6.07) is 0. The van der Waals surface area contributed by atoms with Gasteiger partial charge in [-0.3, -0.25) is 4.99 Å². The van der Waals surface area contributed by atoms with E-state index in [4.69, 9.17) is 0 Å². The second kappa shape index (κ2) is 9.28. The lowest BCUT2D eigenvalue weighted by molar-refractivity contribution is 0.406. The Morgan fingerprint density at radius 2 is 2.29 bits per heavy atom. The normalized spacial score (nSPS) is 12.1. The van der Waals surface area contributed by atoms with Crippen molar-refractivity contribution in [2.45, 2.75) is 13.3 Å².